The largest absolute Gasteiger partial charge is 0.367 e. The van der Waals surface area contributed by atoms with Gasteiger partial charge in [-0.05, 0) is 55.4 Å². The van der Waals surface area contributed by atoms with Crippen LogP contribution in [-0.4, -0.2) is 64.2 Å². The van der Waals surface area contributed by atoms with Crippen LogP contribution in [0.5, 0.6) is 0 Å². The molecule has 0 atom stereocenters. The molecule has 31 heavy (non-hydrogen) atoms. The number of hydrogen-bond acceptors (Lipinski definition) is 5. The maximum Gasteiger partial charge on any atom is 0.255 e. The number of halogens is 1. The molecular formula is C22H27ClN4O3S. The molecule has 0 aromatic heterocycles. The van der Waals surface area contributed by atoms with Crippen LogP contribution in [0.3, 0.4) is 0 Å². The Balaban J connectivity index is 1.50. The van der Waals surface area contributed by atoms with Gasteiger partial charge >= 0.3 is 0 Å². The third-order valence-corrected chi connectivity index (χ3v) is 7.99. The molecule has 9 heteroatoms. The molecule has 2 saturated heterocycles. The van der Waals surface area contributed by atoms with E-state index in [1.165, 1.54) is 4.31 Å². The van der Waals surface area contributed by atoms with Gasteiger partial charge in [-0.15, -0.1) is 0 Å². The van der Waals surface area contributed by atoms with Crippen molar-refractivity contribution in [2.75, 3.05) is 59.5 Å². The van der Waals surface area contributed by atoms with E-state index in [2.05, 4.69) is 22.0 Å². The summed E-state index contributed by atoms with van der Waals surface area (Å²) in [5.74, 6) is -0.0919. The number of hydrogen-bond donors (Lipinski definition) is 1. The highest BCUT2D eigenvalue weighted by atomic mass is 35.5. The number of anilines is 3. The molecule has 4 rings (SSSR count). The van der Waals surface area contributed by atoms with Crippen molar-refractivity contribution in [1.29, 1.82) is 0 Å². The quantitative estimate of drug-likeness (QED) is 0.738. The molecule has 2 aliphatic rings. The highest BCUT2D eigenvalue weighted by Gasteiger charge is 2.28. The predicted molar refractivity (Wildman–Crippen MR) is 126 cm³/mol. The molecule has 0 saturated carbocycles. The molecule has 2 fully saturated rings. The lowest BCUT2D eigenvalue weighted by Gasteiger charge is -2.36. The molecule has 0 spiro atoms. The molecule has 2 aliphatic heterocycles. The van der Waals surface area contributed by atoms with Gasteiger partial charge in [0, 0.05) is 43.3 Å². The van der Waals surface area contributed by atoms with Crippen molar-refractivity contribution in [2.45, 2.75) is 13.3 Å². The van der Waals surface area contributed by atoms with Gasteiger partial charge in [-0.25, -0.2) is 8.42 Å². The van der Waals surface area contributed by atoms with Crippen LogP contribution in [0.4, 0.5) is 17.1 Å². The Morgan fingerprint density at radius 2 is 1.74 bits per heavy atom. The molecule has 0 aliphatic carbocycles. The van der Waals surface area contributed by atoms with Crippen LogP contribution in [0.15, 0.2) is 42.5 Å². The zero-order chi connectivity index (χ0) is 22.0. The van der Waals surface area contributed by atoms with Crippen molar-refractivity contribution in [2.24, 2.45) is 0 Å². The Labute approximate surface area is 188 Å². The Hall–Kier alpha value is -2.29. The molecule has 0 radical (unpaired) electrons. The lowest BCUT2D eigenvalue weighted by molar-refractivity contribution is 0.102. The molecule has 0 bridgehead atoms. The third-order valence-electron chi connectivity index (χ3n) is 5.88. The summed E-state index contributed by atoms with van der Waals surface area (Å²) in [4.78, 5) is 17.6. The highest BCUT2D eigenvalue weighted by molar-refractivity contribution is 7.93. The van der Waals surface area contributed by atoms with E-state index >= 15 is 0 Å². The van der Waals surface area contributed by atoms with Crippen LogP contribution >= 0.6 is 11.6 Å². The number of amides is 1. The van der Waals surface area contributed by atoms with Gasteiger partial charge in [0.1, 0.15) is 0 Å². The molecule has 2 aromatic rings. The van der Waals surface area contributed by atoms with Crippen LogP contribution in [0, 0.1) is 0 Å². The number of nitrogens with one attached hydrogen (secondary N) is 1. The normalized spacial score (nSPS) is 18.9. The van der Waals surface area contributed by atoms with Gasteiger partial charge in [-0.3, -0.25) is 9.10 Å². The number of likely N-dealkylation sites (N-methyl/N-ethyl adjacent to an activating group) is 1. The first-order chi connectivity index (χ1) is 14.9. The van der Waals surface area contributed by atoms with Gasteiger partial charge in [-0.1, -0.05) is 18.5 Å². The second kappa shape index (κ2) is 9.06. The van der Waals surface area contributed by atoms with E-state index in [1.807, 2.05) is 12.1 Å². The number of carbonyl (C=O) groups is 1. The van der Waals surface area contributed by atoms with Crippen LogP contribution in [0.2, 0.25) is 5.02 Å². The van der Waals surface area contributed by atoms with Crippen molar-refractivity contribution >= 4 is 44.6 Å². The van der Waals surface area contributed by atoms with Gasteiger partial charge in [0.05, 0.1) is 22.8 Å². The number of sulfonamides is 1. The Kier molecular flexibility index (Phi) is 6.41. The molecule has 2 aromatic carbocycles. The van der Waals surface area contributed by atoms with Crippen molar-refractivity contribution in [3.8, 4) is 0 Å². The minimum absolute atomic E-state index is 0.166. The summed E-state index contributed by atoms with van der Waals surface area (Å²) >= 11 is 6.21. The standard InChI is InChI=1S/C22H27ClN4O3S/c1-2-25-11-13-26(14-12-25)21-9-6-18(23)16-20(21)24-22(28)17-4-7-19(8-5-17)27-10-3-15-31(27,29)30/h4-9,16H,2-3,10-15H2,1H3,(H,24,28). The summed E-state index contributed by atoms with van der Waals surface area (Å²) in [6.45, 7) is 7.40. The van der Waals surface area contributed by atoms with Crippen LogP contribution in [0.25, 0.3) is 0 Å². The topological polar surface area (TPSA) is 73.0 Å². The monoisotopic (exact) mass is 462 g/mol. The smallest absolute Gasteiger partial charge is 0.255 e. The lowest BCUT2D eigenvalue weighted by atomic mass is 10.1. The maximum absolute atomic E-state index is 12.9. The molecular weight excluding hydrogens is 436 g/mol. The van der Waals surface area contributed by atoms with Crippen LogP contribution < -0.4 is 14.5 Å². The fourth-order valence-electron chi connectivity index (χ4n) is 4.09. The zero-order valence-electron chi connectivity index (χ0n) is 17.6. The zero-order valence-corrected chi connectivity index (χ0v) is 19.1. The van der Waals surface area contributed by atoms with Gasteiger partial charge in [-0.2, -0.15) is 0 Å². The van der Waals surface area contributed by atoms with E-state index in [1.54, 1.807) is 30.3 Å². The fourth-order valence-corrected chi connectivity index (χ4v) is 5.83. The van der Waals surface area contributed by atoms with E-state index in [-0.39, 0.29) is 11.7 Å². The van der Waals surface area contributed by atoms with E-state index in [0.29, 0.717) is 34.9 Å². The molecule has 1 amide bonds. The first kappa shape index (κ1) is 21.9. The van der Waals surface area contributed by atoms with Crippen molar-refractivity contribution in [3.63, 3.8) is 0 Å². The number of nitrogens with zero attached hydrogens (tertiary/aromatic N) is 3. The first-order valence-corrected chi connectivity index (χ1v) is 12.5. The van der Waals surface area contributed by atoms with E-state index < -0.39 is 10.0 Å². The van der Waals surface area contributed by atoms with Crippen molar-refractivity contribution in [1.82, 2.24) is 4.90 Å². The molecule has 2 heterocycles. The summed E-state index contributed by atoms with van der Waals surface area (Å²) in [5.41, 5.74) is 2.68. The van der Waals surface area contributed by atoms with Crippen molar-refractivity contribution in [3.05, 3.63) is 53.1 Å². The minimum Gasteiger partial charge on any atom is -0.367 e. The second-order valence-electron chi connectivity index (χ2n) is 7.83. The first-order valence-electron chi connectivity index (χ1n) is 10.6. The molecule has 1 N–H and O–H groups in total. The van der Waals surface area contributed by atoms with Crippen LogP contribution in [0.1, 0.15) is 23.7 Å². The van der Waals surface area contributed by atoms with E-state index in [4.69, 9.17) is 11.6 Å². The maximum atomic E-state index is 12.9. The number of piperazine rings is 1. The average molecular weight is 463 g/mol. The Morgan fingerprint density at radius 1 is 1.03 bits per heavy atom. The molecule has 166 valence electrons. The SMILES string of the molecule is CCN1CCN(c2ccc(Cl)cc2NC(=O)c2ccc(N3CCCS3(=O)=O)cc2)CC1. The number of rotatable bonds is 5. The molecule has 7 nitrogen and oxygen atoms in total. The van der Waals surface area contributed by atoms with Gasteiger partial charge in [0.2, 0.25) is 10.0 Å². The highest BCUT2D eigenvalue weighted by Crippen LogP contribution is 2.31. The summed E-state index contributed by atoms with van der Waals surface area (Å²) in [6.07, 6.45) is 0.620. The summed E-state index contributed by atoms with van der Waals surface area (Å²) in [6, 6.07) is 12.2. The lowest BCUT2D eigenvalue weighted by Crippen LogP contribution is -2.46. The van der Waals surface area contributed by atoms with Crippen LogP contribution in [-0.2, 0) is 10.0 Å². The van der Waals surface area contributed by atoms with Gasteiger partial charge in [0.25, 0.3) is 5.91 Å². The van der Waals surface area contributed by atoms with Crippen molar-refractivity contribution < 1.29 is 13.2 Å². The van der Waals surface area contributed by atoms with E-state index in [9.17, 15) is 13.2 Å². The van der Waals surface area contributed by atoms with Gasteiger partial charge in [0.15, 0.2) is 0 Å². The third kappa shape index (κ3) is 4.81. The second-order valence-corrected chi connectivity index (χ2v) is 10.3. The minimum atomic E-state index is -3.24. The summed E-state index contributed by atoms with van der Waals surface area (Å²) in [7, 11) is -3.24. The number of benzene rings is 2. The van der Waals surface area contributed by atoms with E-state index in [0.717, 1.165) is 38.4 Å². The van der Waals surface area contributed by atoms with Gasteiger partial charge < -0.3 is 15.1 Å². The summed E-state index contributed by atoms with van der Waals surface area (Å²) < 4.78 is 25.6. The molecule has 0 unspecified atom stereocenters. The summed E-state index contributed by atoms with van der Waals surface area (Å²) in [5, 5.41) is 3.54. The Bertz CT molecular complexity index is 1050. The predicted octanol–water partition coefficient (Wildman–Crippen LogP) is 3.27. The average Bonchev–Trinajstić information content (AvgIpc) is 3.13. The fraction of sp³-hybridized carbons (Fsp3) is 0.409. The number of carbonyl (C=O) groups excluding carboxylic acids is 1. The Morgan fingerprint density at radius 3 is 2.35 bits per heavy atom.